The summed E-state index contributed by atoms with van der Waals surface area (Å²) in [6, 6.07) is 17.3. The highest BCUT2D eigenvalue weighted by Crippen LogP contribution is 2.08. The molecular weight excluding hydrogens is 236 g/mol. The van der Waals surface area contributed by atoms with Crippen LogP contribution in [0.15, 0.2) is 53.7 Å². The molecule has 2 aromatic carbocycles. The van der Waals surface area contributed by atoms with Crippen LogP contribution in [0.5, 0.6) is 0 Å². The Labute approximate surface area is 112 Å². The van der Waals surface area contributed by atoms with Gasteiger partial charge in [-0.2, -0.15) is 5.26 Å². The van der Waals surface area contributed by atoms with Gasteiger partial charge in [0.05, 0.1) is 17.8 Å². The summed E-state index contributed by atoms with van der Waals surface area (Å²) in [7, 11) is 0. The van der Waals surface area contributed by atoms with Crippen molar-refractivity contribution in [2.45, 2.75) is 13.5 Å². The average molecular weight is 250 g/mol. The Morgan fingerprint density at radius 1 is 1.21 bits per heavy atom. The van der Waals surface area contributed by atoms with Gasteiger partial charge in [-0.15, -0.1) is 0 Å². The lowest BCUT2D eigenvalue weighted by atomic mass is 10.1. The maximum absolute atomic E-state index is 8.79. The summed E-state index contributed by atoms with van der Waals surface area (Å²) in [5.41, 5.74) is 3.77. The van der Waals surface area contributed by atoms with Crippen LogP contribution in [0.4, 0.5) is 0 Å². The predicted molar refractivity (Wildman–Crippen MR) is 74.7 cm³/mol. The Morgan fingerprint density at radius 2 is 2.05 bits per heavy atom. The summed E-state index contributed by atoms with van der Waals surface area (Å²) in [6.07, 6.45) is 1.61. The van der Waals surface area contributed by atoms with Gasteiger partial charge in [0.25, 0.3) is 0 Å². The monoisotopic (exact) mass is 250 g/mol. The molecule has 0 unspecified atom stereocenters. The molecule has 0 atom stereocenters. The standard InChI is InChI=1S/C16H14N2O/c1-13-5-2-3-8-16(13)12-19-18-11-15-7-4-6-14(9-15)10-17/h2-9,11H,12H2,1H3. The van der Waals surface area contributed by atoms with Gasteiger partial charge >= 0.3 is 0 Å². The van der Waals surface area contributed by atoms with E-state index in [1.54, 1.807) is 18.3 Å². The molecule has 0 aliphatic rings. The van der Waals surface area contributed by atoms with Gasteiger partial charge in [-0.3, -0.25) is 0 Å². The Kier molecular flexibility index (Phi) is 4.30. The molecule has 2 rings (SSSR count). The zero-order valence-electron chi connectivity index (χ0n) is 10.7. The maximum Gasteiger partial charge on any atom is 0.142 e. The fourth-order valence-corrected chi connectivity index (χ4v) is 1.67. The first kappa shape index (κ1) is 12.8. The van der Waals surface area contributed by atoms with Crippen LogP contribution in [0.25, 0.3) is 0 Å². The molecule has 0 fully saturated rings. The second-order valence-electron chi connectivity index (χ2n) is 4.17. The lowest BCUT2D eigenvalue weighted by Crippen LogP contribution is -1.91. The fraction of sp³-hybridized carbons (Fsp3) is 0.125. The van der Waals surface area contributed by atoms with Gasteiger partial charge in [0.1, 0.15) is 6.61 Å². The lowest BCUT2D eigenvalue weighted by molar-refractivity contribution is 0.131. The minimum atomic E-state index is 0.446. The Bertz CT molecular complexity index is 627. The van der Waals surface area contributed by atoms with E-state index in [1.165, 1.54) is 5.56 Å². The van der Waals surface area contributed by atoms with Crippen LogP contribution >= 0.6 is 0 Å². The quantitative estimate of drug-likeness (QED) is 0.616. The van der Waals surface area contributed by atoms with E-state index in [0.29, 0.717) is 12.2 Å². The summed E-state index contributed by atoms with van der Waals surface area (Å²) in [4.78, 5) is 5.26. The highest BCUT2D eigenvalue weighted by molar-refractivity contribution is 5.79. The smallest absolute Gasteiger partial charge is 0.142 e. The summed E-state index contributed by atoms with van der Waals surface area (Å²) < 4.78 is 0. The van der Waals surface area contributed by atoms with E-state index in [1.807, 2.05) is 43.3 Å². The SMILES string of the molecule is Cc1ccccc1CON=Cc1cccc(C#N)c1. The molecule has 0 saturated carbocycles. The van der Waals surface area contributed by atoms with E-state index in [0.717, 1.165) is 11.1 Å². The molecule has 3 heteroatoms. The molecule has 0 radical (unpaired) electrons. The molecular formula is C16H14N2O. The first-order valence-electron chi connectivity index (χ1n) is 5.99. The van der Waals surface area contributed by atoms with E-state index < -0.39 is 0 Å². The van der Waals surface area contributed by atoms with Crippen molar-refractivity contribution in [1.29, 1.82) is 5.26 Å². The Balaban J connectivity index is 1.94. The van der Waals surface area contributed by atoms with Crippen LogP contribution in [0.1, 0.15) is 22.3 Å². The maximum atomic E-state index is 8.79. The van der Waals surface area contributed by atoms with Crippen molar-refractivity contribution in [2.75, 3.05) is 0 Å². The molecule has 0 N–H and O–H groups in total. The molecule has 0 aromatic heterocycles. The van der Waals surface area contributed by atoms with Crippen LogP contribution in [0.3, 0.4) is 0 Å². The summed E-state index contributed by atoms with van der Waals surface area (Å²) in [5.74, 6) is 0. The lowest BCUT2D eigenvalue weighted by Gasteiger charge is -2.03. The molecule has 0 saturated heterocycles. The summed E-state index contributed by atoms with van der Waals surface area (Å²) >= 11 is 0. The van der Waals surface area contributed by atoms with Crippen molar-refractivity contribution in [3.63, 3.8) is 0 Å². The van der Waals surface area contributed by atoms with Crippen molar-refractivity contribution < 1.29 is 4.84 Å². The normalized spacial score (nSPS) is 10.3. The van der Waals surface area contributed by atoms with E-state index in [-0.39, 0.29) is 0 Å². The third kappa shape index (κ3) is 3.68. The number of benzene rings is 2. The number of nitrogens with zero attached hydrogens (tertiary/aromatic N) is 2. The van der Waals surface area contributed by atoms with Gasteiger partial charge < -0.3 is 4.84 Å². The first-order valence-corrected chi connectivity index (χ1v) is 5.99. The minimum Gasteiger partial charge on any atom is -0.391 e. The zero-order chi connectivity index (χ0) is 13.5. The molecule has 0 spiro atoms. The summed E-state index contributed by atoms with van der Waals surface area (Å²) in [5, 5.41) is 12.7. The third-order valence-corrected chi connectivity index (χ3v) is 2.77. The van der Waals surface area contributed by atoms with Crippen molar-refractivity contribution in [3.8, 4) is 6.07 Å². The largest absolute Gasteiger partial charge is 0.391 e. The van der Waals surface area contributed by atoms with E-state index in [9.17, 15) is 0 Å². The second-order valence-corrected chi connectivity index (χ2v) is 4.17. The van der Waals surface area contributed by atoms with Crippen molar-refractivity contribution in [3.05, 3.63) is 70.8 Å². The van der Waals surface area contributed by atoms with Crippen molar-refractivity contribution in [1.82, 2.24) is 0 Å². The molecule has 0 aliphatic carbocycles. The predicted octanol–water partition coefficient (Wildman–Crippen LogP) is 3.42. The van der Waals surface area contributed by atoms with Crippen molar-refractivity contribution >= 4 is 6.21 Å². The molecule has 0 heterocycles. The molecule has 0 bridgehead atoms. The van der Waals surface area contributed by atoms with Crippen LogP contribution < -0.4 is 0 Å². The fourth-order valence-electron chi connectivity index (χ4n) is 1.67. The van der Waals surface area contributed by atoms with Gasteiger partial charge in [-0.25, -0.2) is 0 Å². The third-order valence-electron chi connectivity index (χ3n) is 2.77. The minimum absolute atomic E-state index is 0.446. The van der Waals surface area contributed by atoms with Gasteiger partial charge in [-0.05, 0) is 35.7 Å². The topological polar surface area (TPSA) is 45.4 Å². The highest BCUT2D eigenvalue weighted by Gasteiger charge is 1.96. The van der Waals surface area contributed by atoms with Crippen LogP contribution in [0.2, 0.25) is 0 Å². The molecule has 94 valence electrons. The number of hydrogen-bond donors (Lipinski definition) is 0. The number of rotatable bonds is 4. The zero-order valence-corrected chi connectivity index (χ0v) is 10.7. The number of nitriles is 1. The molecule has 3 nitrogen and oxygen atoms in total. The second kappa shape index (κ2) is 6.36. The molecule has 0 aliphatic heterocycles. The van der Waals surface area contributed by atoms with Gasteiger partial charge in [0.2, 0.25) is 0 Å². The van der Waals surface area contributed by atoms with Crippen LogP contribution in [0, 0.1) is 18.3 Å². The van der Waals surface area contributed by atoms with Crippen LogP contribution in [-0.4, -0.2) is 6.21 Å². The Hall–Kier alpha value is -2.60. The van der Waals surface area contributed by atoms with E-state index >= 15 is 0 Å². The molecule has 0 amide bonds. The van der Waals surface area contributed by atoms with Crippen LogP contribution in [-0.2, 0) is 11.4 Å². The van der Waals surface area contributed by atoms with Gasteiger partial charge in [0, 0.05) is 0 Å². The number of oxime groups is 1. The summed E-state index contributed by atoms with van der Waals surface area (Å²) in [6.45, 7) is 2.49. The number of hydrogen-bond acceptors (Lipinski definition) is 3. The average Bonchev–Trinajstić information content (AvgIpc) is 2.45. The van der Waals surface area contributed by atoms with E-state index in [4.69, 9.17) is 10.1 Å². The molecule has 2 aromatic rings. The first-order chi connectivity index (χ1) is 9.29. The van der Waals surface area contributed by atoms with Crippen molar-refractivity contribution in [2.24, 2.45) is 5.16 Å². The highest BCUT2D eigenvalue weighted by atomic mass is 16.6. The number of aryl methyl sites for hydroxylation is 1. The van der Waals surface area contributed by atoms with Gasteiger partial charge in [-0.1, -0.05) is 41.6 Å². The Morgan fingerprint density at radius 3 is 2.84 bits per heavy atom. The molecule has 19 heavy (non-hydrogen) atoms. The van der Waals surface area contributed by atoms with Gasteiger partial charge in [0.15, 0.2) is 0 Å². The van der Waals surface area contributed by atoms with E-state index in [2.05, 4.69) is 11.2 Å².